The fourth-order valence-corrected chi connectivity index (χ4v) is 2.16. The summed E-state index contributed by atoms with van der Waals surface area (Å²) < 4.78 is 5.16. The van der Waals surface area contributed by atoms with Crippen LogP contribution in [0.3, 0.4) is 0 Å². The molecule has 0 bridgehead atoms. The lowest BCUT2D eigenvalue weighted by atomic mass is 9.96. The Bertz CT molecular complexity index is 600. The highest BCUT2D eigenvalue weighted by Crippen LogP contribution is 2.26. The van der Waals surface area contributed by atoms with Crippen molar-refractivity contribution >= 4 is 5.97 Å². The second kappa shape index (κ2) is 6.24. The Morgan fingerprint density at radius 3 is 2.45 bits per heavy atom. The number of carbonyl (C=O) groups is 1. The molecule has 2 rings (SSSR count). The number of aliphatic carboxylic acids is 1. The number of carboxylic acid groups (broad SMARTS) is 1. The van der Waals surface area contributed by atoms with E-state index in [0.29, 0.717) is 6.42 Å². The smallest absolute Gasteiger partial charge is 0.303 e. The summed E-state index contributed by atoms with van der Waals surface area (Å²) in [5, 5.41) is 8.76. The Morgan fingerprint density at radius 1 is 1.15 bits per heavy atom. The normalized spacial score (nSPS) is 10.3. The average molecular weight is 270 g/mol. The Labute approximate surface area is 118 Å². The van der Waals surface area contributed by atoms with Gasteiger partial charge >= 0.3 is 5.97 Å². The Balaban J connectivity index is 2.29. The molecule has 104 valence electrons. The number of hydrogen-bond donors (Lipinski definition) is 1. The Hall–Kier alpha value is -2.29. The van der Waals surface area contributed by atoms with E-state index >= 15 is 0 Å². The lowest BCUT2D eigenvalue weighted by Crippen LogP contribution is -1.98. The SMILES string of the molecule is COc1ccc(-c2cc(CCC(=O)O)ccc2C)cc1. The first-order chi connectivity index (χ1) is 9.60. The molecule has 0 spiro atoms. The van der Waals surface area contributed by atoms with Crippen molar-refractivity contribution in [1.82, 2.24) is 0 Å². The molecule has 2 aromatic carbocycles. The fraction of sp³-hybridized carbons (Fsp3) is 0.235. The molecular weight excluding hydrogens is 252 g/mol. The Kier molecular flexibility index (Phi) is 4.41. The van der Waals surface area contributed by atoms with E-state index in [-0.39, 0.29) is 6.42 Å². The predicted molar refractivity (Wildman–Crippen MR) is 79.1 cm³/mol. The lowest BCUT2D eigenvalue weighted by molar-refractivity contribution is -0.136. The van der Waals surface area contributed by atoms with E-state index in [1.54, 1.807) is 7.11 Å². The van der Waals surface area contributed by atoms with E-state index in [9.17, 15) is 4.79 Å². The molecule has 0 radical (unpaired) electrons. The number of hydrogen-bond acceptors (Lipinski definition) is 2. The molecule has 0 atom stereocenters. The molecule has 0 amide bonds. The van der Waals surface area contributed by atoms with Crippen molar-refractivity contribution in [3.05, 3.63) is 53.6 Å². The molecule has 0 heterocycles. The van der Waals surface area contributed by atoms with Crippen LogP contribution >= 0.6 is 0 Å². The first kappa shape index (κ1) is 14.1. The molecule has 0 aliphatic carbocycles. The Morgan fingerprint density at radius 2 is 1.85 bits per heavy atom. The third-order valence-corrected chi connectivity index (χ3v) is 3.33. The van der Waals surface area contributed by atoms with Gasteiger partial charge in [0.1, 0.15) is 5.75 Å². The van der Waals surface area contributed by atoms with E-state index in [1.807, 2.05) is 36.4 Å². The maximum atomic E-state index is 10.7. The van der Waals surface area contributed by atoms with Crippen LogP contribution in [0.5, 0.6) is 5.75 Å². The number of ether oxygens (including phenoxy) is 1. The van der Waals surface area contributed by atoms with Crippen molar-refractivity contribution < 1.29 is 14.6 Å². The van der Waals surface area contributed by atoms with Gasteiger partial charge in [-0.2, -0.15) is 0 Å². The van der Waals surface area contributed by atoms with Crippen molar-refractivity contribution in [1.29, 1.82) is 0 Å². The van der Waals surface area contributed by atoms with Crippen molar-refractivity contribution in [2.45, 2.75) is 19.8 Å². The van der Waals surface area contributed by atoms with Crippen LogP contribution < -0.4 is 4.74 Å². The summed E-state index contributed by atoms with van der Waals surface area (Å²) in [6.45, 7) is 2.06. The van der Waals surface area contributed by atoms with Crippen LogP contribution in [0.2, 0.25) is 0 Å². The quantitative estimate of drug-likeness (QED) is 0.901. The highest BCUT2D eigenvalue weighted by molar-refractivity contribution is 5.70. The van der Waals surface area contributed by atoms with E-state index in [0.717, 1.165) is 22.4 Å². The van der Waals surface area contributed by atoms with Crippen molar-refractivity contribution in [3.8, 4) is 16.9 Å². The van der Waals surface area contributed by atoms with E-state index in [2.05, 4.69) is 13.0 Å². The summed E-state index contributed by atoms with van der Waals surface area (Å²) >= 11 is 0. The number of carboxylic acids is 1. The largest absolute Gasteiger partial charge is 0.497 e. The van der Waals surface area contributed by atoms with Gasteiger partial charge in [0.2, 0.25) is 0 Å². The highest BCUT2D eigenvalue weighted by Gasteiger charge is 2.05. The summed E-state index contributed by atoms with van der Waals surface area (Å²) in [6, 6.07) is 14.0. The first-order valence-corrected chi connectivity index (χ1v) is 6.56. The molecule has 0 saturated carbocycles. The topological polar surface area (TPSA) is 46.5 Å². The van der Waals surface area contributed by atoms with Gasteiger partial charge < -0.3 is 9.84 Å². The number of aryl methyl sites for hydroxylation is 2. The zero-order chi connectivity index (χ0) is 14.5. The number of methoxy groups -OCH3 is 1. The van der Waals surface area contributed by atoms with Crippen LogP contribution in [0.15, 0.2) is 42.5 Å². The highest BCUT2D eigenvalue weighted by atomic mass is 16.5. The summed E-state index contributed by atoms with van der Waals surface area (Å²) in [4.78, 5) is 10.7. The summed E-state index contributed by atoms with van der Waals surface area (Å²) in [7, 11) is 1.65. The van der Waals surface area contributed by atoms with Crippen LogP contribution in [0.4, 0.5) is 0 Å². The molecule has 0 unspecified atom stereocenters. The molecule has 0 aliphatic rings. The van der Waals surface area contributed by atoms with Gasteiger partial charge in [0.05, 0.1) is 7.11 Å². The summed E-state index contributed by atoms with van der Waals surface area (Å²) in [5.41, 5.74) is 4.47. The van der Waals surface area contributed by atoms with Gasteiger partial charge in [-0.25, -0.2) is 0 Å². The van der Waals surface area contributed by atoms with Crippen LogP contribution in [-0.4, -0.2) is 18.2 Å². The zero-order valence-corrected chi connectivity index (χ0v) is 11.7. The van der Waals surface area contributed by atoms with Crippen molar-refractivity contribution in [2.24, 2.45) is 0 Å². The third kappa shape index (κ3) is 3.38. The van der Waals surface area contributed by atoms with Crippen LogP contribution in [0.1, 0.15) is 17.5 Å². The zero-order valence-electron chi connectivity index (χ0n) is 11.7. The van der Waals surface area contributed by atoms with Crippen molar-refractivity contribution in [3.63, 3.8) is 0 Å². The van der Waals surface area contributed by atoms with Crippen LogP contribution in [0.25, 0.3) is 11.1 Å². The summed E-state index contributed by atoms with van der Waals surface area (Å²) in [5.74, 6) is 0.0602. The molecule has 3 heteroatoms. The van der Waals surface area contributed by atoms with E-state index < -0.39 is 5.97 Å². The van der Waals surface area contributed by atoms with Crippen LogP contribution in [-0.2, 0) is 11.2 Å². The number of benzene rings is 2. The third-order valence-electron chi connectivity index (χ3n) is 3.33. The van der Waals surface area contributed by atoms with Crippen LogP contribution in [0, 0.1) is 6.92 Å². The van der Waals surface area contributed by atoms with Gasteiger partial charge in [-0.05, 0) is 47.7 Å². The molecule has 2 aromatic rings. The van der Waals surface area contributed by atoms with Gasteiger partial charge in [-0.3, -0.25) is 4.79 Å². The maximum Gasteiger partial charge on any atom is 0.303 e. The molecule has 20 heavy (non-hydrogen) atoms. The standard InChI is InChI=1S/C17H18O3/c1-12-3-4-13(5-10-17(18)19)11-16(12)14-6-8-15(20-2)9-7-14/h3-4,6-9,11H,5,10H2,1-2H3,(H,18,19). The van der Waals surface area contributed by atoms with Gasteiger partial charge in [-0.15, -0.1) is 0 Å². The minimum absolute atomic E-state index is 0.158. The van der Waals surface area contributed by atoms with Gasteiger partial charge in [-0.1, -0.05) is 30.3 Å². The average Bonchev–Trinajstić information content (AvgIpc) is 2.46. The van der Waals surface area contributed by atoms with Gasteiger partial charge in [0.15, 0.2) is 0 Å². The molecule has 0 saturated heterocycles. The first-order valence-electron chi connectivity index (χ1n) is 6.56. The molecule has 0 fully saturated rings. The molecule has 1 N–H and O–H groups in total. The minimum Gasteiger partial charge on any atom is -0.497 e. The van der Waals surface area contributed by atoms with Gasteiger partial charge in [0, 0.05) is 6.42 Å². The lowest BCUT2D eigenvalue weighted by Gasteiger charge is -2.09. The summed E-state index contributed by atoms with van der Waals surface area (Å²) in [6.07, 6.45) is 0.712. The van der Waals surface area contributed by atoms with Gasteiger partial charge in [0.25, 0.3) is 0 Å². The fourth-order valence-electron chi connectivity index (χ4n) is 2.16. The molecular formula is C17H18O3. The van der Waals surface area contributed by atoms with E-state index in [1.165, 1.54) is 5.56 Å². The second-order valence-corrected chi connectivity index (χ2v) is 4.77. The molecule has 0 aromatic heterocycles. The second-order valence-electron chi connectivity index (χ2n) is 4.77. The van der Waals surface area contributed by atoms with Crippen molar-refractivity contribution in [2.75, 3.05) is 7.11 Å². The predicted octanol–water partition coefficient (Wildman–Crippen LogP) is 3.69. The molecule has 0 aliphatic heterocycles. The maximum absolute atomic E-state index is 10.7. The monoisotopic (exact) mass is 270 g/mol. The molecule has 3 nitrogen and oxygen atoms in total. The minimum atomic E-state index is -0.767. The number of rotatable bonds is 5. The van der Waals surface area contributed by atoms with E-state index in [4.69, 9.17) is 9.84 Å².